The van der Waals surface area contributed by atoms with E-state index in [1.54, 1.807) is 24.7 Å². The molecule has 8 heteroatoms. The highest BCUT2D eigenvalue weighted by Crippen LogP contribution is 2.20. The molecule has 2 aromatic heterocycles. The minimum absolute atomic E-state index is 0.278. The first-order valence-electron chi connectivity index (χ1n) is 8.26. The van der Waals surface area contributed by atoms with Crippen molar-refractivity contribution in [3.05, 3.63) is 58.6 Å². The summed E-state index contributed by atoms with van der Waals surface area (Å²) in [6.45, 7) is 1.46. The topological polar surface area (TPSA) is 90.9 Å². The van der Waals surface area contributed by atoms with Gasteiger partial charge in [0, 0.05) is 34.7 Å². The Bertz CT molecular complexity index is 808. The molecule has 0 unspecified atom stereocenters. The number of allylic oxidation sites excluding steroid dienone is 1. The Morgan fingerprint density at radius 2 is 2.27 bits per heavy atom. The van der Waals surface area contributed by atoms with Crippen LogP contribution in [-0.4, -0.2) is 41.5 Å². The first-order valence-corrected chi connectivity index (χ1v) is 9.05. The molecule has 26 heavy (non-hydrogen) atoms. The van der Waals surface area contributed by atoms with E-state index >= 15 is 0 Å². The Morgan fingerprint density at radius 3 is 2.92 bits per heavy atom. The molecule has 1 saturated heterocycles. The molecular formula is C18H20BrFN6. The summed E-state index contributed by atoms with van der Waals surface area (Å²) in [6.07, 6.45) is 6.38. The van der Waals surface area contributed by atoms with Crippen molar-refractivity contribution in [2.75, 3.05) is 29.9 Å². The van der Waals surface area contributed by atoms with Gasteiger partial charge in [0.15, 0.2) is 0 Å². The van der Waals surface area contributed by atoms with Crippen molar-refractivity contribution in [2.45, 2.75) is 12.6 Å². The summed E-state index contributed by atoms with van der Waals surface area (Å²) in [7, 11) is 0. The van der Waals surface area contributed by atoms with E-state index in [4.69, 9.17) is 11.1 Å². The zero-order valence-electron chi connectivity index (χ0n) is 14.1. The Balaban J connectivity index is 1.58. The van der Waals surface area contributed by atoms with Crippen LogP contribution >= 0.6 is 15.9 Å². The summed E-state index contributed by atoms with van der Waals surface area (Å²) >= 11 is 3.36. The molecule has 0 spiro atoms. The van der Waals surface area contributed by atoms with Crippen molar-refractivity contribution in [2.24, 2.45) is 5.73 Å². The third-order valence-electron chi connectivity index (χ3n) is 4.04. The molecule has 3 rings (SSSR count). The molecule has 0 amide bonds. The van der Waals surface area contributed by atoms with Gasteiger partial charge >= 0.3 is 0 Å². The van der Waals surface area contributed by atoms with Gasteiger partial charge in [0.1, 0.15) is 12.0 Å². The number of nitrogens with one attached hydrogen (secondary N) is 2. The quantitative estimate of drug-likeness (QED) is 0.626. The van der Waals surface area contributed by atoms with Gasteiger partial charge in [-0.2, -0.15) is 0 Å². The summed E-state index contributed by atoms with van der Waals surface area (Å²) in [5.74, 6) is 0.738. The van der Waals surface area contributed by atoms with Crippen LogP contribution in [0, 0.1) is 5.41 Å². The summed E-state index contributed by atoms with van der Waals surface area (Å²) in [4.78, 5) is 10.3. The lowest BCUT2D eigenvalue weighted by molar-refractivity contribution is 0.364. The smallest absolute Gasteiger partial charge is 0.128 e. The molecule has 0 bridgehead atoms. The molecule has 0 saturated carbocycles. The van der Waals surface area contributed by atoms with E-state index in [1.165, 1.54) is 0 Å². The molecule has 1 fully saturated rings. The number of nitrogens with zero attached hydrogens (tertiary/aromatic N) is 3. The molecule has 4 N–H and O–H groups in total. The van der Waals surface area contributed by atoms with E-state index in [0.717, 1.165) is 16.0 Å². The second kappa shape index (κ2) is 8.27. The lowest BCUT2D eigenvalue weighted by atomic mass is 10.1. The van der Waals surface area contributed by atoms with E-state index in [1.807, 2.05) is 23.1 Å². The second-order valence-electron chi connectivity index (χ2n) is 6.12. The molecule has 6 nitrogen and oxygen atoms in total. The van der Waals surface area contributed by atoms with Gasteiger partial charge < -0.3 is 21.4 Å². The largest absolute Gasteiger partial charge is 0.401 e. The fourth-order valence-corrected chi connectivity index (χ4v) is 3.06. The van der Waals surface area contributed by atoms with Gasteiger partial charge in [-0.05, 0) is 46.6 Å². The van der Waals surface area contributed by atoms with Crippen LogP contribution in [0.1, 0.15) is 12.0 Å². The SMILES string of the molecule is N=C(C=C(N)CNc1cncc(Br)c1)c1ccc(N2CC[C@H](F)C2)nc1. The number of hydrogen-bond donors (Lipinski definition) is 3. The zero-order chi connectivity index (χ0) is 18.5. The predicted octanol–water partition coefficient (Wildman–Crippen LogP) is 3.11. The van der Waals surface area contributed by atoms with Crippen molar-refractivity contribution in [3.63, 3.8) is 0 Å². The molecule has 2 aromatic rings. The maximum absolute atomic E-state index is 13.3. The molecule has 136 valence electrons. The normalized spacial score (nSPS) is 17.4. The molecule has 1 atom stereocenters. The number of alkyl halides is 1. The van der Waals surface area contributed by atoms with Gasteiger partial charge in [-0.3, -0.25) is 4.98 Å². The maximum atomic E-state index is 13.3. The van der Waals surface area contributed by atoms with Crippen LogP contribution in [0.15, 0.2) is 53.0 Å². The molecule has 3 heterocycles. The standard InChI is InChI=1S/C18H20BrFN6/c19-13-5-16(10-23-8-13)24-9-15(21)6-17(22)12-1-2-18(25-7-12)26-4-3-14(20)11-26/h1-2,5-8,10,14,22,24H,3-4,9,11,21H2/t14-/m0/s1. The minimum Gasteiger partial charge on any atom is -0.401 e. The summed E-state index contributed by atoms with van der Waals surface area (Å²) in [6, 6.07) is 5.53. The first kappa shape index (κ1) is 18.3. The van der Waals surface area contributed by atoms with Crippen molar-refractivity contribution >= 4 is 33.1 Å². The lowest BCUT2D eigenvalue weighted by Gasteiger charge is -2.16. The Labute approximate surface area is 160 Å². The predicted molar refractivity (Wildman–Crippen MR) is 105 cm³/mol. The van der Waals surface area contributed by atoms with Crippen LogP contribution in [0.3, 0.4) is 0 Å². The minimum atomic E-state index is -0.787. The van der Waals surface area contributed by atoms with Gasteiger partial charge in [0.05, 0.1) is 30.7 Å². The average molecular weight is 419 g/mol. The second-order valence-corrected chi connectivity index (χ2v) is 7.03. The van der Waals surface area contributed by atoms with E-state index in [0.29, 0.717) is 37.3 Å². The average Bonchev–Trinajstić information content (AvgIpc) is 3.06. The first-order chi connectivity index (χ1) is 12.5. The van der Waals surface area contributed by atoms with Crippen molar-refractivity contribution in [1.82, 2.24) is 9.97 Å². The highest BCUT2D eigenvalue weighted by molar-refractivity contribution is 9.10. The van der Waals surface area contributed by atoms with Crippen molar-refractivity contribution < 1.29 is 4.39 Å². The fraction of sp³-hybridized carbons (Fsp3) is 0.278. The summed E-state index contributed by atoms with van der Waals surface area (Å²) < 4.78 is 14.2. The number of nitrogens with two attached hydrogens (primary N) is 1. The summed E-state index contributed by atoms with van der Waals surface area (Å²) in [5.41, 5.74) is 8.30. The van der Waals surface area contributed by atoms with Crippen LogP contribution in [0.2, 0.25) is 0 Å². The van der Waals surface area contributed by atoms with Gasteiger partial charge in [0.2, 0.25) is 0 Å². The van der Waals surface area contributed by atoms with Crippen LogP contribution in [-0.2, 0) is 0 Å². The van der Waals surface area contributed by atoms with Gasteiger partial charge in [-0.25, -0.2) is 9.37 Å². The molecule has 1 aliphatic heterocycles. The van der Waals surface area contributed by atoms with E-state index in [-0.39, 0.29) is 5.71 Å². The number of anilines is 2. The van der Waals surface area contributed by atoms with Crippen LogP contribution in [0.5, 0.6) is 0 Å². The number of pyridine rings is 2. The van der Waals surface area contributed by atoms with Crippen LogP contribution in [0.25, 0.3) is 0 Å². The number of hydrogen-bond acceptors (Lipinski definition) is 6. The van der Waals surface area contributed by atoms with E-state index in [2.05, 4.69) is 31.2 Å². The number of aromatic nitrogens is 2. The van der Waals surface area contributed by atoms with Crippen LogP contribution in [0.4, 0.5) is 15.9 Å². The van der Waals surface area contributed by atoms with Crippen LogP contribution < -0.4 is 16.0 Å². The molecule has 0 radical (unpaired) electrons. The molecule has 1 aliphatic rings. The zero-order valence-corrected chi connectivity index (χ0v) is 15.7. The Hall–Kier alpha value is -2.48. The highest BCUT2D eigenvalue weighted by atomic mass is 79.9. The third kappa shape index (κ3) is 4.78. The Morgan fingerprint density at radius 1 is 1.42 bits per heavy atom. The number of rotatable bonds is 6. The third-order valence-corrected chi connectivity index (χ3v) is 4.48. The van der Waals surface area contributed by atoms with Gasteiger partial charge in [-0.1, -0.05) is 0 Å². The highest BCUT2D eigenvalue weighted by Gasteiger charge is 2.22. The molecular weight excluding hydrogens is 399 g/mol. The van der Waals surface area contributed by atoms with Crippen molar-refractivity contribution in [3.8, 4) is 0 Å². The van der Waals surface area contributed by atoms with Crippen molar-refractivity contribution in [1.29, 1.82) is 5.41 Å². The van der Waals surface area contributed by atoms with Gasteiger partial charge in [0.25, 0.3) is 0 Å². The van der Waals surface area contributed by atoms with E-state index in [9.17, 15) is 4.39 Å². The van der Waals surface area contributed by atoms with E-state index < -0.39 is 6.17 Å². The fourth-order valence-electron chi connectivity index (χ4n) is 2.69. The maximum Gasteiger partial charge on any atom is 0.128 e. The molecule has 0 aromatic carbocycles. The monoisotopic (exact) mass is 418 g/mol. The summed E-state index contributed by atoms with van der Waals surface area (Å²) in [5, 5.41) is 11.3. The number of halogens is 2. The Kier molecular flexibility index (Phi) is 5.82. The van der Waals surface area contributed by atoms with Gasteiger partial charge in [-0.15, -0.1) is 0 Å². The lowest BCUT2D eigenvalue weighted by Crippen LogP contribution is -2.21. The molecule has 0 aliphatic carbocycles.